The summed E-state index contributed by atoms with van der Waals surface area (Å²) in [6, 6.07) is 1.94. The maximum absolute atomic E-state index is 4.21. The van der Waals surface area contributed by atoms with Crippen LogP contribution in [0.25, 0.3) is 0 Å². The number of hydrogen-bond donors (Lipinski definition) is 1. The molecule has 0 bridgehead atoms. The van der Waals surface area contributed by atoms with Crippen molar-refractivity contribution in [1.82, 2.24) is 4.98 Å². The molecule has 1 heterocycles. The second-order valence-corrected chi connectivity index (χ2v) is 2.59. The van der Waals surface area contributed by atoms with E-state index < -0.39 is 0 Å². The molecule has 0 atom stereocenters. The Morgan fingerprint density at radius 1 is 1.73 bits per heavy atom. The number of aromatic nitrogens is 1. The van der Waals surface area contributed by atoms with Crippen LogP contribution in [0.1, 0.15) is 12.6 Å². The molecule has 1 aromatic heterocycles. The first-order valence-electron chi connectivity index (χ1n) is 3.53. The van der Waals surface area contributed by atoms with Crippen LogP contribution >= 0.6 is 0 Å². The summed E-state index contributed by atoms with van der Waals surface area (Å²) in [5.41, 5.74) is 3.03. The van der Waals surface area contributed by atoms with E-state index in [1.807, 2.05) is 26.1 Å². The van der Waals surface area contributed by atoms with Gasteiger partial charge in [0.2, 0.25) is 0 Å². The van der Waals surface area contributed by atoms with Gasteiger partial charge in [-0.3, -0.25) is 4.99 Å². The Hall–Kier alpha value is -1.31. The largest absolute Gasteiger partial charge is 0.363 e. The van der Waals surface area contributed by atoms with E-state index in [-0.39, 0.29) is 0 Å². The lowest BCUT2D eigenvalue weighted by molar-refractivity contribution is 1.26. The summed E-state index contributed by atoms with van der Waals surface area (Å²) in [5.74, 6) is 0. The Balaban J connectivity index is 2.79. The standard InChI is InChI=1S/C9H12N2/c1-7(2)6-11-9-4-5-10-8(9)3/h4-6,10H,1H2,2-3H3/b11-6-. The van der Waals surface area contributed by atoms with Gasteiger partial charge in [-0.25, -0.2) is 0 Å². The van der Waals surface area contributed by atoms with Gasteiger partial charge in [-0.15, -0.1) is 0 Å². The maximum Gasteiger partial charge on any atom is 0.0833 e. The molecule has 58 valence electrons. The van der Waals surface area contributed by atoms with Gasteiger partial charge >= 0.3 is 0 Å². The second kappa shape index (κ2) is 3.19. The molecule has 0 aromatic carbocycles. The fraction of sp³-hybridized carbons (Fsp3) is 0.222. The van der Waals surface area contributed by atoms with Crippen LogP contribution in [-0.2, 0) is 0 Å². The van der Waals surface area contributed by atoms with Gasteiger partial charge in [-0.05, 0) is 25.5 Å². The number of rotatable bonds is 2. The van der Waals surface area contributed by atoms with Crippen LogP contribution in [0, 0.1) is 6.92 Å². The minimum atomic E-state index is 0.964. The molecule has 0 amide bonds. The Morgan fingerprint density at radius 3 is 2.91 bits per heavy atom. The van der Waals surface area contributed by atoms with Crippen molar-refractivity contribution < 1.29 is 0 Å². The van der Waals surface area contributed by atoms with Crippen LogP contribution in [0.15, 0.2) is 29.4 Å². The van der Waals surface area contributed by atoms with Gasteiger partial charge in [0.1, 0.15) is 0 Å². The fourth-order valence-electron chi connectivity index (χ4n) is 0.764. The summed E-state index contributed by atoms with van der Waals surface area (Å²) < 4.78 is 0. The van der Waals surface area contributed by atoms with Gasteiger partial charge in [-0.2, -0.15) is 0 Å². The predicted octanol–water partition coefficient (Wildman–Crippen LogP) is 2.60. The lowest BCUT2D eigenvalue weighted by Crippen LogP contribution is -1.73. The van der Waals surface area contributed by atoms with Crippen LogP contribution in [0.4, 0.5) is 5.69 Å². The summed E-state index contributed by atoms with van der Waals surface area (Å²) in [5, 5.41) is 0. The van der Waals surface area contributed by atoms with Crippen molar-refractivity contribution in [2.75, 3.05) is 0 Å². The number of aliphatic imine (C=N–C) groups is 1. The average Bonchev–Trinajstić information content (AvgIpc) is 2.31. The smallest absolute Gasteiger partial charge is 0.0833 e. The zero-order chi connectivity index (χ0) is 8.27. The van der Waals surface area contributed by atoms with Gasteiger partial charge in [0, 0.05) is 18.1 Å². The van der Waals surface area contributed by atoms with E-state index in [1.165, 1.54) is 0 Å². The monoisotopic (exact) mass is 148 g/mol. The zero-order valence-electron chi connectivity index (χ0n) is 6.89. The number of nitrogens with zero attached hydrogens (tertiary/aromatic N) is 1. The first kappa shape index (κ1) is 7.79. The highest BCUT2D eigenvalue weighted by Crippen LogP contribution is 2.15. The third-order valence-corrected chi connectivity index (χ3v) is 1.35. The number of nitrogens with one attached hydrogen (secondary N) is 1. The van der Waals surface area contributed by atoms with E-state index in [0.29, 0.717) is 0 Å². The van der Waals surface area contributed by atoms with Crippen LogP contribution < -0.4 is 0 Å². The predicted molar refractivity (Wildman–Crippen MR) is 48.5 cm³/mol. The highest BCUT2D eigenvalue weighted by atomic mass is 14.8. The molecular formula is C9H12N2. The first-order valence-corrected chi connectivity index (χ1v) is 3.53. The number of allylic oxidation sites excluding steroid dienone is 1. The number of hydrogen-bond acceptors (Lipinski definition) is 1. The van der Waals surface area contributed by atoms with Crippen molar-refractivity contribution >= 4 is 11.9 Å². The summed E-state index contributed by atoms with van der Waals surface area (Å²) in [7, 11) is 0. The van der Waals surface area contributed by atoms with Crippen molar-refractivity contribution in [3.63, 3.8) is 0 Å². The Kier molecular flexibility index (Phi) is 2.26. The molecule has 2 heteroatoms. The van der Waals surface area contributed by atoms with Gasteiger partial charge < -0.3 is 4.98 Å². The van der Waals surface area contributed by atoms with E-state index in [9.17, 15) is 0 Å². The summed E-state index contributed by atoms with van der Waals surface area (Å²) in [6.45, 7) is 7.64. The minimum Gasteiger partial charge on any atom is -0.363 e. The molecular weight excluding hydrogens is 136 g/mol. The summed E-state index contributed by atoms with van der Waals surface area (Å²) >= 11 is 0. The lowest BCUT2D eigenvalue weighted by atomic mass is 10.3. The molecule has 0 radical (unpaired) electrons. The third kappa shape index (κ3) is 2.08. The molecule has 0 aliphatic heterocycles. The normalized spacial score (nSPS) is 10.7. The van der Waals surface area contributed by atoms with Crippen molar-refractivity contribution in [3.8, 4) is 0 Å². The Bertz CT molecular complexity index is 282. The van der Waals surface area contributed by atoms with Crippen molar-refractivity contribution in [1.29, 1.82) is 0 Å². The second-order valence-electron chi connectivity index (χ2n) is 2.59. The van der Waals surface area contributed by atoms with Gasteiger partial charge in [-0.1, -0.05) is 6.58 Å². The maximum atomic E-state index is 4.21. The number of H-pyrrole nitrogens is 1. The highest BCUT2D eigenvalue weighted by molar-refractivity contribution is 5.79. The Morgan fingerprint density at radius 2 is 2.45 bits per heavy atom. The third-order valence-electron chi connectivity index (χ3n) is 1.35. The molecule has 0 aliphatic carbocycles. The van der Waals surface area contributed by atoms with Crippen LogP contribution in [0.3, 0.4) is 0 Å². The van der Waals surface area contributed by atoms with Crippen molar-refractivity contribution in [2.24, 2.45) is 4.99 Å². The molecule has 0 spiro atoms. The molecule has 0 aliphatic rings. The van der Waals surface area contributed by atoms with Crippen LogP contribution in [0.5, 0.6) is 0 Å². The van der Waals surface area contributed by atoms with Gasteiger partial charge in [0.15, 0.2) is 0 Å². The highest BCUT2D eigenvalue weighted by Gasteiger charge is 1.92. The lowest BCUT2D eigenvalue weighted by Gasteiger charge is -1.88. The number of aryl methyl sites for hydroxylation is 1. The van der Waals surface area contributed by atoms with Crippen LogP contribution in [0.2, 0.25) is 0 Å². The quantitative estimate of drug-likeness (QED) is 0.624. The first-order chi connectivity index (χ1) is 5.20. The van der Waals surface area contributed by atoms with Gasteiger partial charge in [0.05, 0.1) is 5.69 Å². The summed E-state index contributed by atoms with van der Waals surface area (Å²) in [6.07, 6.45) is 3.64. The molecule has 0 fully saturated rings. The fourth-order valence-corrected chi connectivity index (χ4v) is 0.764. The molecule has 2 nitrogen and oxygen atoms in total. The molecule has 0 saturated carbocycles. The van der Waals surface area contributed by atoms with Crippen molar-refractivity contribution in [3.05, 3.63) is 30.1 Å². The molecule has 1 aromatic rings. The average molecular weight is 148 g/mol. The molecule has 1 N–H and O–H groups in total. The number of aromatic amines is 1. The topological polar surface area (TPSA) is 28.1 Å². The SMILES string of the molecule is C=C(C)/C=N\c1cc[nH]c1C. The molecule has 11 heavy (non-hydrogen) atoms. The zero-order valence-corrected chi connectivity index (χ0v) is 6.89. The van der Waals surface area contributed by atoms with Crippen molar-refractivity contribution in [2.45, 2.75) is 13.8 Å². The van der Waals surface area contributed by atoms with E-state index in [1.54, 1.807) is 6.21 Å². The Labute approximate surface area is 66.7 Å². The minimum absolute atomic E-state index is 0.964. The van der Waals surface area contributed by atoms with E-state index in [4.69, 9.17) is 0 Å². The summed E-state index contributed by atoms with van der Waals surface area (Å²) in [4.78, 5) is 7.26. The van der Waals surface area contributed by atoms with Crippen LogP contribution in [-0.4, -0.2) is 11.2 Å². The molecule has 0 saturated heterocycles. The van der Waals surface area contributed by atoms with E-state index in [2.05, 4.69) is 16.6 Å². The van der Waals surface area contributed by atoms with E-state index >= 15 is 0 Å². The van der Waals surface area contributed by atoms with Gasteiger partial charge in [0.25, 0.3) is 0 Å². The van der Waals surface area contributed by atoms with E-state index in [0.717, 1.165) is 17.0 Å². The molecule has 1 rings (SSSR count). The molecule has 0 unspecified atom stereocenters.